The molecule has 102 valence electrons. The molecule has 1 atom stereocenters. The Morgan fingerprint density at radius 3 is 2.74 bits per heavy atom. The highest BCUT2D eigenvalue weighted by atomic mass is 35.5. The third-order valence-corrected chi connectivity index (χ3v) is 3.26. The zero-order chi connectivity index (χ0) is 14.2. The lowest BCUT2D eigenvalue weighted by molar-refractivity contribution is -0.133. The zero-order valence-electron chi connectivity index (χ0n) is 10.6. The van der Waals surface area contributed by atoms with E-state index in [9.17, 15) is 9.18 Å². The third-order valence-electron chi connectivity index (χ3n) is 3.04. The van der Waals surface area contributed by atoms with Gasteiger partial charge in [0.25, 0.3) is 0 Å². The summed E-state index contributed by atoms with van der Waals surface area (Å²) in [4.78, 5) is 11.1. The summed E-state index contributed by atoms with van der Waals surface area (Å²) in [5, 5.41) is 9.57. The van der Waals surface area contributed by atoms with Crippen LogP contribution >= 0.6 is 11.6 Å². The Kier molecular flexibility index (Phi) is 3.80. The summed E-state index contributed by atoms with van der Waals surface area (Å²) in [5.41, 5.74) is 1.34. The Bertz CT molecular complexity index is 552. The van der Waals surface area contributed by atoms with Gasteiger partial charge < -0.3 is 9.84 Å². The molecule has 1 aromatic carbocycles. The molecule has 5 heteroatoms. The summed E-state index contributed by atoms with van der Waals surface area (Å²) >= 11 is 6.02. The maximum Gasteiger partial charge on any atom is 0.335 e. The van der Waals surface area contributed by atoms with Crippen molar-refractivity contribution in [1.82, 2.24) is 0 Å². The fourth-order valence-electron chi connectivity index (χ4n) is 2.09. The molecule has 0 aliphatic carbocycles. The molecule has 3 nitrogen and oxygen atoms in total. The Labute approximate surface area is 115 Å². The van der Waals surface area contributed by atoms with Crippen LogP contribution in [0.4, 0.5) is 4.39 Å². The van der Waals surface area contributed by atoms with Gasteiger partial charge in [0.2, 0.25) is 0 Å². The molecule has 0 bridgehead atoms. The van der Waals surface area contributed by atoms with Crippen LogP contribution in [-0.4, -0.2) is 23.9 Å². The van der Waals surface area contributed by atoms with Gasteiger partial charge in [-0.25, -0.2) is 9.18 Å². The minimum absolute atomic E-state index is 0.0908. The number of carbonyl (C=O) groups is 1. The average molecular weight is 285 g/mol. The van der Waals surface area contributed by atoms with E-state index in [2.05, 4.69) is 0 Å². The van der Waals surface area contributed by atoms with Crippen LogP contribution in [-0.2, 0) is 4.79 Å². The second-order valence-electron chi connectivity index (χ2n) is 4.73. The molecule has 0 spiro atoms. The van der Waals surface area contributed by atoms with E-state index in [1.165, 1.54) is 6.08 Å². The number of rotatable bonds is 3. The first kappa shape index (κ1) is 13.9. The highest BCUT2D eigenvalue weighted by Gasteiger charge is 2.29. The number of carboxylic acid groups (broad SMARTS) is 1. The fraction of sp³-hybridized carbons (Fsp3) is 0.357. The van der Waals surface area contributed by atoms with E-state index in [0.29, 0.717) is 16.3 Å². The van der Waals surface area contributed by atoms with Crippen molar-refractivity contribution < 1.29 is 19.0 Å². The van der Waals surface area contributed by atoms with E-state index in [1.807, 2.05) is 13.8 Å². The van der Waals surface area contributed by atoms with Crippen LogP contribution in [0.1, 0.15) is 30.9 Å². The van der Waals surface area contributed by atoms with Crippen LogP contribution < -0.4 is 4.74 Å². The smallest absolute Gasteiger partial charge is 0.335 e. The number of hydrogen-bond donors (Lipinski definition) is 1. The standard InChI is InChI=1S/C14H14ClFO3/c1-7(2)10-5-9(15)3-8-4-11(14(17)18)12(6-16)19-13(8)10/h3-5,7,12H,6H2,1-2H3,(H,17,18). The number of carboxylic acids is 1. The van der Waals surface area contributed by atoms with Crippen LogP contribution in [0, 0.1) is 0 Å². The van der Waals surface area contributed by atoms with Gasteiger partial charge >= 0.3 is 5.97 Å². The van der Waals surface area contributed by atoms with Crippen molar-refractivity contribution in [3.63, 3.8) is 0 Å². The Hall–Kier alpha value is -1.55. The lowest BCUT2D eigenvalue weighted by Crippen LogP contribution is -2.29. The van der Waals surface area contributed by atoms with E-state index in [4.69, 9.17) is 21.4 Å². The summed E-state index contributed by atoms with van der Waals surface area (Å²) in [6.07, 6.45) is 0.368. The molecule has 19 heavy (non-hydrogen) atoms. The molecule has 0 saturated heterocycles. The van der Waals surface area contributed by atoms with Gasteiger partial charge in [-0.05, 0) is 29.7 Å². The topological polar surface area (TPSA) is 46.5 Å². The van der Waals surface area contributed by atoms with Gasteiger partial charge in [-0.15, -0.1) is 0 Å². The molecule has 0 aromatic heterocycles. The maximum absolute atomic E-state index is 12.9. The van der Waals surface area contributed by atoms with Crippen LogP contribution in [0.15, 0.2) is 17.7 Å². The molecule has 1 aliphatic rings. The van der Waals surface area contributed by atoms with E-state index < -0.39 is 18.7 Å². The molecule has 1 N–H and O–H groups in total. The van der Waals surface area contributed by atoms with Crippen molar-refractivity contribution in [3.05, 3.63) is 33.9 Å². The summed E-state index contributed by atoms with van der Waals surface area (Å²) in [6, 6.07) is 3.39. The van der Waals surface area contributed by atoms with Crippen molar-refractivity contribution in [1.29, 1.82) is 0 Å². The summed E-state index contributed by atoms with van der Waals surface area (Å²) in [5.74, 6) is -0.515. The van der Waals surface area contributed by atoms with Gasteiger partial charge in [0.15, 0.2) is 6.10 Å². The van der Waals surface area contributed by atoms with Crippen molar-refractivity contribution in [2.24, 2.45) is 0 Å². The van der Waals surface area contributed by atoms with E-state index in [1.54, 1.807) is 12.1 Å². The zero-order valence-corrected chi connectivity index (χ0v) is 11.4. The van der Waals surface area contributed by atoms with Crippen molar-refractivity contribution in [2.45, 2.75) is 25.9 Å². The number of fused-ring (bicyclic) bond motifs is 1. The molecule has 0 saturated carbocycles. The molecule has 0 fully saturated rings. The highest BCUT2D eigenvalue weighted by Crippen LogP contribution is 2.39. The van der Waals surface area contributed by atoms with Crippen molar-refractivity contribution in [3.8, 4) is 5.75 Å². The van der Waals surface area contributed by atoms with Gasteiger partial charge in [0.1, 0.15) is 12.4 Å². The number of halogens is 2. The van der Waals surface area contributed by atoms with Crippen LogP contribution in [0.5, 0.6) is 5.75 Å². The minimum atomic E-state index is -1.18. The Balaban J connectivity index is 2.61. The van der Waals surface area contributed by atoms with Gasteiger partial charge in [-0.3, -0.25) is 0 Å². The van der Waals surface area contributed by atoms with Gasteiger partial charge in [-0.1, -0.05) is 25.4 Å². The van der Waals surface area contributed by atoms with Gasteiger partial charge in [-0.2, -0.15) is 0 Å². The monoisotopic (exact) mass is 284 g/mol. The molecular formula is C14H14ClFO3. The first-order valence-electron chi connectivity index (χ1n) is 5.95. The van der Waals surface area contributed by atoms with E-state index in [-0.39, 0.29) is 11.5 Å². The molecule has 0 radical (unpaired) electrons. The SMILES string of the molecule is CC(C)c1cc(Cl)cc2c1OC(CF)C(C(=O)O)=C2. The Morgan fingerprint density at radius 2 is 2.21 bits per heavy atom. The first-order valence-corrected chi connectivity index (χ1v) is 6.32. The van der Waals surface area contributed by atoms with Crippen LogP contribution in [0.2, 0.25) is 5.02 Å². The largest absolute Gasteiger partial charge is 0.482 e. The average Bonchev–Trinajstić information content (AvgIpc) is 2.35. The Morgan fingerprint density at radius 1 is 1.53 bits per heavy atom. The number of ether oxygens (including phenoxy) is 1. The molecule has 1 aliphatic heterocycles. The number of alkyl halides is 1. The number of benzene rings is 1. The molecule has 1 heterocycles. The van der Waals surface area contributed by atoms with Gasteiger partial charge in [0, 0.05) is 10.6 Å². The van der Waals surface area contributed by atoms with Gasteiger partial charge in [0.05, 0.1) is 5.57 Å². The number of aliphatic carboxylic acids is 1. The quantitative estimate of drug-likeness (QED) is 0.921. The fourth-order valence-corrected chi connectivity index (χ4v) is 2.32. The number of hydrogen-bond acceptors (Lipinski definition) is 2. The third kappa shape index (κ3) is 2.59. The predicted molar refractivity (Wildman–Crippen MR) is 71.5 cm³/mol. The van der Waals surface area contributed by atoms with E-state index in [0.717, 1.165) is 5.56 Å². The second-order valence-corrected chi connectivity index (χ2v) is 5.17. The summed E-state index contributed by atoms with van der Waals surface area (Å²) in [7, 11) is 0. The van der Waals surface area contributed by atoms with Crippen LogP contribution in [0.3, 0.4) is 0 Å². The molecule has 1 aromatic rings. The lowest BCUT2D eigenvalue weighted by Gasteiger charge is -2.26. The predicted octanol–water partition coefficient (Wildman–Crippen LogP) is 3.66. The molecular weight excluding hydrogens is 271 g/mol. The lowest BCUT2D eigenvalue weighted by atomic mass is 9.95. The van der Waals surface area contributed by atoms with E-state index >= 15 is 0 Å². The summed E-state index contributed by atoms with van der Waals surface area (Å²) < 4.78 is 18.5. The molecule has 2 rings (SSSR count). The van der Waals surface area contributed by atoms with Crippen molar-refractivity contribution in [2.75, 3.05) is 6.67 Å². The summed E-state index contributed by atoms with van der Waals surface area (Å²) in [6.45, 7) is 3.06. The first-order chi connectivity index (χ1) is 8.93. The maximum atomic E-state index is 12.9. The normalized spacial score (nSPS) is 17.7. The second kappa shape index (κ2) is 5.21. The minimum Gasteiger partial charge on any atom is -0.482 e. The van der Waals surface area contributed by atoms with Crippen LogP contribution in [0.25, 0.3) is 6.08 Å². The molecule has 1 unspecified atom stereocenters. The highest BCUT2D eigenvalue weighted by molar-refractivity contribution is 6.31. The molecule has 0 amide bonds. The van der Waals surface area contributed by atoms with Crippen molar-refractivity contribution >= 4 is 23.6 Å².